The van der Waals surface area contributed by atoms with Gasteiger partial charge in [0.25, 0.3) is 0 Å². The van der Waals surface area contributed by atoms with E-state index in [1.165, 1.54) is 60.8 Å². The Hall–Kier alpha value is -8.08. The van der Waals surface area contributed by atoms with E-state index in [2.05, 4.69) is 250 Å². The van der Waals surface area contributed by atoms with Crippen molar-refractivity contribution in [2.24, 2.45) is 0 Å². The summed E-state index contributed by atoms with van der Waals surface area (Å²) in [6.45, 7) is 0. The number of aromatic nitrogens is 2. The Morgan fingerprint density at radius 2 is 0.859 bits per heavy atom. The van der Waals surface area contributed by atoms with Gasteiger partial charge in [0.05, 0.1) is 16.6 Å². The Bertz CT molecular complexity index is 3410. The molecule has 2 heterocycles. The number of aryl methyl sites for hydroxylation is 1. The Kier molecular flexibility index (Phi) is 9.41. The van der Waals surface area contributed by atoms with Crippen LogP contribution in [0.25, 0.3) is 61.3 Å². The Balaban J connectivity index is 0.895. The summed E-state index contributed by atoms with van der Waals surface area (Å²) in [5.74, 6) is 0. The monoisotopic (exact) mass is 822 g/mol. The SMILES string of the molecule is C1=CC(n2c3c(c4cc(N(c5ccccc5)c5ccc(-c6ccc(N(c7ccccc7)c7ccc8c(c7)c7ccccc7n8-c7ccccc7)cc6)cc5)ccc42)CCC=C3)=CCC1. The largest absolute Gasteiger partial charge is 0.310 e. The van der Waals surface area contributed by atoms with E-state index in [4.69, 9.17) is 0 Å². The van der Waals surface area contributed by atoms with E-state index in [-0.39, 0.29) is 0 Å². The molecule has 0 fully saturated rings. The summed E-state index contributed by atoms with van der Waals surface area (Å²) in [6, 6.07) is 72.8. The molecule has 0 aliphatic heterocycles. The molecule has 64 heavy (non-hydrogen) atoms. The minimum Gasteiger partial charge on any atom is -0.310 e. The van der Waals surface area contributed by atoms with Gasteiger partial charge in [-0.15, -0.1) is 0 Å². The van der Waals surface area contributed by atoms with Crippen molar-refractivity contribution in [2.75, 3.05) is 9.80 Å². The van der Waals surface area contributed by atoms with E-state index in [0.717, 1.165) is 65.5 Å². The highest BCUT2D eigenvalue weighted by atomic mass is 15.1. The van der Waals surface area contributed by atoms with Crippen molar-refractivity contribution in [3.05, 3.63) is 236 Å². The maximum Gasteiger partial charge on any atom is 0.0542 e. The summed E-state index contributed by atoms with van der Waals surface area (Å²) in [5, 5.41) is 3.79. The van der Waals surface area contributed by atoms with Gasteiger partial charge in [-0.05, 0) is 158 Å². The number of para-hydroxylation sites is 4. The Labute approximate surface area is 374 Å². The molecule has 2 aromatic heterocycles. The molecule has 0 N–H and O–H groups in total. The highest BCUT2D eigenvalue weighted by molar-refractivity contribution is 6.10. The molecule has 4 heteroatoms. The lowest BCUT2D eigenvalue weighted by Crippen LogP contribution is -2.10. The molecule has 0 saturated heterocycles. The lowest BCUT2D eigenvalue weighted by Gasteiger charge is -2.26. The predicted molar refractivity (Wildman–Crippen MR) is 271 cm³/mol. The second-order valence-electron chi connectivity index (χ2n) is 16.8. The van der Waals surface area contributed by atoms with Gasteiger partial charge in [0.1, 0.15) is 0 Å². The van der Waals surface area contributed by atoms with E-state index in [1.807, 2.05) is 0 Å². The highest BCUT2D eigenvalue weighted by Crippen LogP contribution is 2.43. The number of rotatable bonds is 9. The second kappa shape index (κ2) is 16.0. The maximum absolute atomic E-state index is 2.47. The molecule has 0 spiro atoms. The van der Waals surface area contributed by atoms with Crippen LogP contribution < -0.4 is 9.80 Å². The summed E-state index contributed by atoms with van der Waals surface area (Å²) < 4.78 is 4.84. The van der Waals surface area contributed by atoms with Crippen LogP contribution in [0.1, 0.15) is 30.5 Å². The lowest BCUT2D eigenvalue weighted by atomic mass is 10.00. The van der Waals surface area contributed by atoms with Gasteiger partial charge in [0, 0.05) is 67.4 Å². The molecule has 4 nitrogen and oxygen atoms in total. The summed E-state index contributed by atoms with van der Waals surface area (Å²) in [5.41, 5.74) is 17.9. The number of benzene rings is 8. The first-order valence-electron chi connectivity index (χ1n) is 22.5. The number of nitrogens with zero attached hydrogens (tertiary/aromatic N) is 4. The Morgan fingerprint density at radius 1 is 0.359 bits per heavy atom. The fourth-order valence-electron chi connectivity index (χ4n) is 10.0. The van der Waals surface area contributed by atoms with Gasteiger partial charge >= 0.3 is 0 Å². The topological polar surface area (TPSA) is 16.3 Å². The third-order valence-corrected chi connectivity index (χ3v) is 13.0. The van der Waals surface area contributed by atoms with E-state index in [1.54, 1.807) is 0 Å². The van der Waals surface area contributed by atoms with Crippen molar-refractivity contribution in [1.82, 2.24) is 9.13 Å². The average molecular weight is 823 g/mol. The van der Waals surface area contributed by atoms with Crippen LogP contribution in [0.15, 0.2) is 224 Å². The van der Waals surface area contributed by atoms with Crippen LogP contribution in [-0.4, -0.2) is 9.13 Å². The van der Waals surface area contributed by atoms with E-state index in [9.17, 15) is 0 Å². The smallest absolute Gasteiger partial charge is 0.0542 e. The third kappa shape index (κ3) is 6.54. The molecule has 0 unspecified atom stereocenters. The molecule has 10 aromatic rings. The van der Waals surface area contributed by atoms with Crippen LogP contribution in [0.4, 0.5) is 34.1 Å². The standard InChI is InChI=1S/C60H46N4/c1-5-17-45(18-6-1)61(51-37-39-59-55(41-51)53-25-13-15-27-57(53)63(59)47-21-9-3-10-22-47)49-33-29-43(30-34-49)44-31-35-50(36-32-44)62(46-19-7-2-8-20-46)52-38-40-60-56(42-52)54-26-14-16-28-58(54)64(60)48-23-11-4-12-24-48/h1-3,5-11,13,15-25,27-42H,4,12,14,26H2. The van der Waals surface area contributed by atoms with Gasteiger partial charge in [0.2, 0.25) is 0 Å². The zero-order valence-electron chi connectivity index (χ0n) is 35.6. The zero-order valence-corrected chi connectivity index (χ0v) is 35.6. The molecule has 2 aliphatic carbocycles. The fourth-order valence-corrected chi connectivity index (χ4v) is 10.0. The van der Waals surface area contributed by atoms with Crippen LogP contribution in [-0.2, 0) is 6.42 Å². The van der Waals surface area contributed by atoms with Gasteiger partial charge in [-0.2, -0.15) is 0 Å². The summed E-state index contributed by atoms with van der Waals surface area (Å²) in [6.07, 6.45) is 15.9. The molecule has 12 rings (SSSR count). The van der Waals surface area contributed by atoms with Crippen molar-refractivity contribution in [2.45, 2.75) is 25.7 Å². The predicted octanol–water partition coefficient (Wildman–Crippen LogP) is 16.5. The molecule has 0 amide bonds. The normalized spacial score (nSPS) is 13.3. The second-order valence-corrected chi connectivity index (χ2v) is 16.8. The van der Waals surface area contributed by atoms with Gasteiger partial charge < -0.3 is 18.9 Å². The minimum absolute atomic E-state index is 1.05. The summed E-state index contributed by atoms with van der Waals surface area (Å²) in [7, 11) is 0. The number of fused-ring (bicyclic) bond motifs is 6. The van der Waals surface area contributed by atoms with E-state index in [0.29, 0.717) is 0 Å². The van der Waals surface area contributed by atoms with Crippen LogP contribution in [0.5, 0.6) is 0 Å². The van der Waals surface area contributed by atoms with Gasteiger partial charge in [-0.3, -0.25) is 0 Å². The number of anilines is 6. The molecule has 8 aromatic carbocycles. The van der Waals surface area contributed by atoms with Crippen LogP contribution in [0.3, 0.4) is 0 Å². The average Bonchev–Trinajstić information content (AvgIpc) is 3.88. The van der Waals surface area contributed by atoms with Crippen LogP contribution in [0.2, 0.25) is 0 Å². The lowest BCUT2D eigenvalue weighted by molar-refractivity contribution is 0.963. The molecule has 306 valence electrons. The van der Waals surface area contributed by atoms with Crippen LogP contribution in [0, 0.1) is 0 Å². The molecule has 2 aliphatic rings. The third-order valence-electron chi connectivity index (χ3n) is 13.0. The quantitative estimate of drug-likeness (QED) is 0.144. The van der Waals surface area contributed by atoms with E-state index >= 15 is 0 Å². The van der Waals surface area contributed by atoms with Crippen molar-refractivity contribution < 1.29 is 0 Å². The van der Waals surface area contributed by atoms with Crippen molar-refractivity contribution in [3.8, 4) is 16.8 Å². The van der Waals surface area contributed by atoms with Gasteiger partial charge in [-0.1, -0.05) is 115 Å². The zero-order chi connectivity index (χ0) is 42.4. The van der Waals surface area contributed by atoms with Gasteiger partial charge in [0.15, 0.2) is 0 Å². The first-order chi connectivity index (χ1) is 31.8. The molecule has 0 radical (unpaired) electrons. The van der Waals surface area contributed by atoms with Crippen molar-refractivity contribution >= 4 is 78.6 Å². The first kappa shape index (κ1) is 37.7. The van der Waals surface area contributed by atoms with E-state index < -0.39 is 0 Å². The summed E-state index contributed by atoms with van der Waals surface area (Å²) in [4.78, 5) is 4.75. The van der Waals surface area contributed by atoms with Crippen molar-refractivity contribution in [3.63, 3.8) is 0 Å². The summed E-state index contributed by atoms with van der Waals surface area (Å²) >= 11 is 0. The fraction of sp³-hybridized carbons (Fsp3) is 0.0667. The molecular weight excluding hydrogens is 777 g/mol. The number of hydrogen-bond acceptors (Lipinski definition) is 2. The minimum atomic E-state index is 1.05. The van der Waals surface area contributed by atoms with Crippen LogP contribution >= 0.6 is 0 Å². The van der Waals surface area contributed by atoms with Crippen molar-refractivity contribution in [1.29, 1.82) is 0 Å². The first-order valence-corrected chi connectivity index (χ1v) is 22.5. The maximum atomic E-state index is 2.47. The number of hydrogen-bond donors (Lipinski definition) is 0. The molecule has 0 atom stereocenters. The number of allylic oxidation sites excluding steroid dienone is 5. The Morgan fingerprint density at radius 3 is 1.47 bits per heavy atom. The molecule has 0 saturated carbocycles. The van der Waals surface area contributed by atoms with Gasteiger partial charge in [-0.25, -0.2) is 0 Å². The highest BCUT2D eigenvalue weighted by Gasteiger charge is 2.22. The molecular formula is C60H46N4. The molecule has 0 bridgehead atoms.